The molecular weight excluding hydrogens is 404 g/mol. The van der Waals surface area contributed by atoms with E-state index in [0.717, 1.165) is 12.8 Å². The van der Waals surface area contributed by atoms with Crippen molar-refractivity contribution in [2.24, 2.45) is 28.6 Å². The Morgan fingerprint density at radius 2 is 1.89 bits per heavy atom. The first-order valence-electron chi connectivity index (χ1n) is 10.9. The van der Waals surface area contributed by atoms with Crippen LogP contribution in [0.2, 0.25) is 18.6 Å². The number of carbonyl (C=O) groups excluding carboxylic acids is 1. The topological polar surface area (TPSA) is 35.5 Å². The largest absolute Gasteiger partial charge is 0.465 e. The molecule has 2 saturated heterocycles. The fourth-order valence-corrected chi connectivity index (χ4v) is 10.3. The molecule has 2 aliphatic carbocycles. The summed E-state index contributed by atoms with van der Waals surface area (Å²) in [5.74, 6) is 2.98. The number of rotatable bonds is 4. The minimum absolute atomic E-state index is 0.0303. The summed E-state index contributed by atoms with van der Waals surface area (Å²) in [4.78, 5) is 13.2. The summed E-state index contributed by atoms with van der Waals surface area (Å²) >= 11 is 4.05. The van der Waals surface area contributed by atoms with Gasteiger partial charge in [-0.3, -0.25) is 4.79 Å². The van der Waals surface area contributed by atoms with Gasteiger partial charge in [0.1, 0.15) is 6.61 Å². The standard InChI is InChI=1S/C22H36O3S2Si/c1-14(2)28(5,6)25-17-9-10-21(3,4)16-8-7-15(20-26-11-12-27-20)18-19(23)24-13-22(16,17)18/h7-8,14-18,20H,9-13H2,1-6H3/t15-,16-,17-,18+,22-/m0/s1. The lowest BCUT2D eigenvalue weighted by molar-refractivity contribution is -0.144. The number of hydrogen-bond acceptors (Lipinski definition) is 5. The summed E-state index contributed by atoms with van der Waals surface area (Å²) in [5, 5.41) is 0. The summed E-state index contributed by atoms with van der Waals surface area (Å²) in [5.41, 5.74) is 0.540. The van der Waals surface area contributed by atoms with Crippen molar-refractivity contribution in [3.05, 3.63) is 12.2 Å². The number of allylic oxidation sites excluding steroid dienone is 2. The van der Waals surface area contributed by atoms with Crippen molar-refractivity contribution < 1.29 is 14.0 Å². The summed E-state index contributed by atoms with van der Waals surface area (Å²) < 4.78 is 13.4. The number of hydrogen-bond donors (Lipinski definition) is 0. The minimum Gasteiger partial charge on any atom is -0.465 e. The van der Waals surface area contributed by atoms with E-state index in [-0.39, 0.29) is 34.7 Å². The number of esters is 1. The van der Waals surface area contributed by atoms with E-state index >= 15 is 0 Å². The third-order valence-electron chi connectivity index (χ3n) is 8.08. The van der Waals surface area contributed by atoms with Crippen molar-refractivity contribution in [2.45, 2.75) is 69.9 Å². The Labute approximate surface area is 180 Å². The van der Waals surface area contributed by atoms with Gasteiger partial charge in [0.25, 0.3) is 0 Å². The molecule has 3 fully saturated rings. The molecule has 158 valence electrons. The van der Waals surface area contributed by atoms with Gasteiger partial charge < -0.3 is 9.16 Å². The fourth-order valence-electron chi connectivity index (χ4n) is 5.85. The SMILES string of the molecule is CC(C)[Si](C)(C)O[C@H]1CCC(C)(C)[C@@H]2C=C[C@H](C3SCCS3)[C@@H]3C(=O)OC[C@]132. The number of thioether (sulfide) groups is 2. The van der Waals surface area contributed by atoms with Crippen molar-refractivity contribution >= 4 is 37.8 Å². The molecular formula is C22H36O3S2Si. The highest BCUT2D eigenvalue weighted by Gasteiger charge is 2.68. The molecule has 0 aromatic carbocycles. The molecule has 3 nitrogen and oxygen atoms in total. The first-order chi connectivity index (χ1) is 13.1. The molecule has 0 amide bonds. The van der Waals surface area contributed by atoms with Crippen molar-refractivity contribution in [3.63, 3.8) is 0 Å². The third kappa shape index (κ3) is 3.25. The lowest BCUT2D eigenvalue weighted by atomic mass is 9.48. The quantitative estimate of drug-likeness (QED) is 0.324. The van der Waals surface area contributed by atoms with Crippen LogP contribution < -0.4 is 0 Å². The number of carbonyl (C=O) groups is 1. The molecule has 0 aromatic heterocycles. The van der Waals surface area contributed by atoms with Crippen LogP contribution in [0.1, 0.15) is 40.5 Å². The molecule has 2 heterocycles. The van der Waals surface area contributed by atoms with Crippen LogP contribution in [0.5, 0.6) is 0 Å². The van der Waals surface area contributed by atoms with Gasteiger partial charge in [0.2, 0.25) is 0 Å². The van der Waals surface area contributed by atoms with Crippen LogP contribution in [-0.2, 0) is 14.0 Å². The second-order valence-electron chi connectivity index (χ2n) is 10.6. The van der Waals surface area contributed by atoms with Crippen LogP contribution in [0.25, 0.3) is 0 Å². The lowest BCUT2D eigenvalue weighted by Crippen LogP contribution is -2.61. The zero-order chi connectivity index (χ0) is 20.3. The predicted octanol–water partition coefficient (Wildman–Crippen LogP) is 5.57. The van der Waals surface area contributed by atoms with Gasteiger partial charge in [-0.2, -0.15) is 0 Å². The molecule has 0 bridgehead atoms. The predicted molar refractivity (Wildman–Crippen MR) is 122 cm³/mol. The number of ether oxygens (including phenoxy) is 1. The monoisotopic (exact) mass is 440 g/mol. The van der Waals surface area contributed by atoms with Gasteiger partial charge in [-0.15, -0.1) is 23.5 Å². The van der Waals surface area contributed by atoms with Crippen molar-refractivity contribution in [3.8, 4) is 0 Å². The van der Waals surface area contributed by atoms with E-state index in [0.29, 0.717) is 22.6 Å². The van der Waals surface area contributed by atoms with Gasteiger partial charge >= 0.3 is 5.97 Å². The van der Waals surface area contributed by atoms with Gasteiger partial charge in [-0.1, -0.05) is 39.8 Å². The van der Waals surface area contributed by atoms with Crippen molar-refractivity contribution in [1.29, 1.82) is 0 Å². The Balaban J connectivity index is 1.77. The third-order valence-corrected chi connectivity index (χ3v) is 15.0. The fraction of sp³-hybridized carbons (Fsp3) is 0.864. The second-order valence-corrected chi connectivity index (χ2v) is 18.0. The van der Waals surface area contributed by atoms with E-state index in [1.807, 2.05) is 23.5 Å². The molecule has 4 aliphatic rings. The minimum atomic E-state index is -1.83. The van der Waals surface area contributed by atoms with Crippen molar-refractivity contribution in [1.82, 2.24) is 0 Å². The molecule has 4 rings (SSSR count). The highest BCUT2D eigenvalue weighted by atomic mass is 32.2. The molecule has 28 heavy (non-hydrogen) atoms. The summed E-state index contributed by atoms with van der Waals surface area (Å²) in [6.45, 7) is 14.6. The Hall–Kier alpha value is 0.0869. The second kappa shape index (κ2) is 7.35. The average molecular weight is 441 g/mol. The van der Waals surface area contributed by atoms with Crippen LogP contribution >= 0.6 is 23.5 Å². The lowest BCUT2D eigenvalue weighted by Gasteiger charge is -2.58. The van der Waals surface area contributed by atoms with E-state index in [1.54, 1.807) is 0 Å². The summed E-state index contributed by atoms with van der Waals surface area (Å²) in [7, 11) is -1.83. The molecule has 1 saturated carbocycles. The maximum atomic E-state index is 13.2. The van der Waals surface area contributed by atoms with Crippen molar-refractivity contribution in [2.75, 3.05) is 18.1 Å². The van der Waals surface area contributed by atoms with Crippen LogP contribution in [0.3, 0.4) is 0 Å². The molecule has 0 radical (unpaired) electrons. The number of cyclic esters (lactones) is 1. The van der Waals surface area contributed by atoms with Crippen LogP contribution in [0, 0.1) is 28.6 Å². The molecule has 0 aromatic rings. The summed E-state index contributed by atoms with van der Waals surface area (Å²) in [6, 6.07) is 0. The van der Waals surface area contributed by atoms with Gasteiger partial charge in [-0.05, 0) is 42.8 Å². The van der Waals surface area contributed by atoms with E-state index < -0.39 is 8.32 Å². The Morgan fingerprint density at radius 1 is 1.21 bits per heavy atom. The first kappa shape index (κ1) is 21.3. The normalized spacial score (nSPS) is 40.5. The molecule has 5 atom stereocenters. The Bertz CT molecular complexity index is 656. The maximum Gasteiger partial charge on any atom is 0.310 e. The first-order valence-corrected chi connectivity index (χ1v) is 15.9. The van der Waals surface area contributed by atoms with E-state index in [2.05, 4.69) is 52.9 Å². The van der Waals surface area contributed by atoms with Gasteiger partial charge in [-0.25, -0.2) is 0 Å². The van der Waals surface area contributed by atoms with Gasteiger partial charge in [0.05, 0.1) is 22.0 Å². The van der Waals surface area contributed by atoms with Crippen LogP contribution in [0.15, 0.2) is 12.2 Å². The van der Waals surface area contributed by atoms with Crippen LogP contribution in [-0.4, -0.2) is 43.1 Å². The Morgan fingerprint density at radius 3 is 2.54 bits per heavy atom. The average Bonchev–Trinajstić information content (AvgIpc) is 3.26. The molecule has 2 aliphatic heterocycles. The molecule has 1 spiro atoms. The smallest absolute Gasteiger partial charge is 0.310 e. The molecule has 0 unspecified atom stereocenters. The summed E-state index contributed by atoms with van der Waals surface area (Å²) in [6.07, 6.45) is 7.17. The molecule has 0 N–H and O–H groups in total. The van der Waals surface area contributed by atoms with E-state index in [1.165, 1.54) is 11.5 Å². The highest BCUT2D eigenvalue weighted by Crippen LogP contribution is 2.64. The van der Waals surface area contributed by atoms with E-state index in [9.17, 15) is 4.79 Å². The maximum absolute atomic E-state index is 13.2. The highest BCUT2D eigenvalue weighted by molar-refractivity contribution is 8.20. The van der Waals surface area contributed by atoms with Gasteiger partial charge in [0, 0.05) is 17.4 Å². The zero-order valence-electron chi connectivity index (χ0n) is 18.2. The van der Waals surface area contributed by atoms with Crippen LogP contribution in [0.4, 0.5) is 0 Å². The van der Waals surface area contributed by atoms with E-state index in [4.69, 9.17) is 9.16 Å². The Kier molecular flexibility index (Phi) is 5.60. The molecule has 6 heteroatoms. The zero-order valence-corrected chi connectivity index (χ0v) is 20.8. The van der Waals surface area contributed by atoms with Gasteiger partial charge in [0.15, 0.2) is 8.32 Å².